The van der Waals surface area contributed by atoms with Crippen molar-refractivity contribution in [1.29, 1.82) is 0 Å². The van der Waals surface area contributed by atoms with Crippen LogP contribution in [0.15, 0.2) is 30.4 Å². The molecule has 146 valence electrons. The van der Waals surface area contributed by atoms with Crippen molar-refractivity contribution < 1.29 is 14.3 Å². The highest BCUT2D eigenvalue weighted by Crippen LogP contribution is 2.51. The van der Waals surface area contributed by atoms with Gasteiger partial charge in [0.05, 0.1) is 25.7 Å². The second kappa shape index (κ2) is 8.18. The zero-order valence-electron chi connectivity index (χ0n) is 16.5. The zero-order chi connectivity index (χ0) is 18.7. The van der Waals surface area contributed by atoms with Gasteiger partial charge >= 0.3 is 5.97 Å². The highest BCUT2D eigenvalue weighted by molar-refractivity contribution is 5.72. The number of unbranched alkanes of at least 4 members (excludes halogenated alkanes) is 1. The summed E-state index contributed by atoms with van der Waals surface area (Å²) in [6, 6.07) is 7.09. The first-order valence-corrected chi connectivity index (χ1v) is 10.7. The number of aryl methyl sites for hydroxylation is 1. The first kappa shape index (κ1) is 18.7. The standard InChI is InChI=1S/C24H32O3/c1-2-3-4-5-12-26-22-9-8-18-13-19(6-7-20(18)14-22)21-10-11-24(15-21)16-23(25)27-17-24/h4-7,13,21-22H,2-3,8-12,14-17H2,1H3/b5-4+/t21-,22-,24-/m0/s1. The molecule has 3 heteroatoms. The molecule has 3 atom stereocenters. The number of fused-ring (bicyclic) bond motifs is 1. The number of hydrogen-bond acceptors (Lipinski definition) is 3. The van der Waals surface area contributed by atoms with Crippen LogP contribution in [0.5, 0.6) is 0 Å². The van der Waals surface area contributed by atoms with E-state index in [4.69, 9.17) is 9.47 Å². The van der Waals surface area contributed by atoms with Crippen LogP contribution in [0.2, 0.25) is 0 Å². The SMILES string of the molecule is CCC/C=C/CO[C@H]1CCc2cc([C@H]3CC[C@]4(COC(=O)C4)C3)ccc2C1. The molecule has 0 radical (unpaired) electrons. The van der Waals surface area contributed by atoms with Crippen LogP contribution in [0.25, 0.3) is 0 Å². The van der Waals surface area contributed by atoms with E-state index in [0.717, 1.165) is 45.1 Å². The van der Waals surface area contributed by atoms with Gasteiger partial charge in [-0.25, -0.2) is 0 Å². The molecule has 2 fully saturated rings. The van der Waals surface area contributed by atoms with Crippen molar-refractivity contribution in [2.24, 2.45) is 5.41 Å². The molecule has 0 N–H and O–H groups in total. The van der Waals surface area contributed by atoms with Crippen molar-refractivity contribution in [1.82, 2.24) is 0 Å². The molecule has 1 saturated carbocycles. The van der Waals surface area contributed by atoms with Crippen LogP contribution in [0.3, 0.4) is 0 Å². The van der Waals surface area contributed by atoms with E-state index in [9.17, 15) is 4.79 Å². The van der Waals surface area contributed by atoms with Crippen LogP contribution >= 0.6 is 0 Å². The molecule has 2 aliphatic carbocycles. The van der Waals surface area contributed by atoms with Gasteiger partial charge in [-0.2, -0.15) is 0 Å². The molecule has 3 nitrogen and oxygen atoms in total. The summed E-state index contributed by atoms with van der Waals surface area (Å²) in [6.45, 7) is 3.58. The van der Waals surface area contributed by atoms with E-state index in [1.54, 1.807) is 0 Å². The average Bonchev–Trinajstić information content (AvgIpc) is 3.27. The van der Waals surface area contributed by atoms with Crippen LogP contribution in [0.4, 0.5) is 0 Å². The maximum absolute atomic E-state index is 11.6. The zero-order valence-corrected chi connectivity index (χ0v) is 16.5. The molecule has 3 aliphatic rings. The number of hydrogen-bond donors (Lipinski definition) is 0. The smallest absolute Gasteiger partial charge is 0.306 e. The third-order valence-electron chi connectivity index (χ3n) is 6.70. The van der Waals surface area contributed by atoms with Gasteiger partial charge in [0.15, 0.2) is 0 Å². The Morgan fingerprint density at radius 2 is 2.19 bits per heavy atom. The molecule has 1 aromatic rings. The van der Waals surface area contributed by atoms with E-state index in [1.165, 1.54) is 29.5 Å². The van der Waals surface area contributed by atoms with E-state index in [1.807, 2.05) is 0 Å². The molecule has 1 aliphatic heterocycles. The molecule has 1 aromatic carbocycles. The predicted octanol–water partition coefficient (Wildman–Crippen LogP) is 5.12. The van der Waals surface area contributed by atoms with E-state index < -0.39 is 0 Å². The van der Waals surface area contributed by atoms with Gasteiger partial charge in [-0.15, -0.1) is 0 Å². The minimum absolute atomic E-state index is 0.00308. The Hall–Kier alpha value is -1.61. The van der Waals surface area contributed by atoms with Gasteiger partial charge < -0.3 is 9.47 Å². The Morgan fingerprint density at radius 3 is 3.00 bits per heavy atom. The lowest BCUT2D eigenvalue weighted by Crippen LogP contribution is -2.23. The van der Waals surface area contributed by atoms with Crippen LogP contribution in [0, 0.1) is 5.41 Å². The molecule has 4 rings (SSSR count). The number of esters is 1. The minimum atomic E-state index is -0.00308. The summed E-state index contributed by atoms with van der Waals surface area (Å²) in [5, 5.41) is 0. The summed E-state index contributed by atoms with van der Waals surface area (Å²) < 4.78 is 11.3. The van der Waals surface area contributed by atoms with Gasteiger partial charge in [0.25, 0.3) is 0 Å². The van der Waals surface area contributed by atoms with Crippen molar-refractivity contribution in [3.8, 4) is 0 Å². The number of rotatable bonds is 6. The molecular formula is C24H32O3. The minimum Gasteiger partial charge on any atom is -0.465 e. The Morgan fingerprint density at radius 1 is 1.26 bits per heavy atom. The van der Waals surface area contributed by atoms with Gasteiger partial charge in [0.1, 0.15) is 0 Å². The fraction of sp³-hybridized carbons (Fsp3) is 0.625. The summed E-state index contributed by atoms with van der Waals surface area (Å²) in [4.78, 5) is 11.6. The van der Waals surface area contributed by atoms with Crippen LogP contribution in [-0.4, -0.2) is 25.3 Å². The van der Waals surface area contributed by atoms with Gasteiger partial charge in [0, 0.05) is 5.41 Å². The number of benzene rings is 1. The molecule has 0 aromatic heterocycles. The van der Waals surface area contributed by atoms with Crippen LogP contribution < -0.4 is 0 Å². The maximum Gasteiger partial charge on any atom is 0.306 e. The lowest BCUT2D eigenvalue weighted by Gasteiger charge is -2.26. The fourth-order valence-electron chi connectivity index (χ4n) is 5.11. The lowest BCUT2D eigenvalue weighted by atomic mass is 9.82. The summed E-state index contributed by atoms with van der Waals surface area (Å²) in [5.41, 5.74) is 4.56. The van der Waals surface area contributed by atoms with Gasteiger partial charge in [-0.1, -0.05) is 43.7 Å². The Balaban J connectivity index is 1.34. The van der Waals surface area contributed by atoms with Gasteiger partial charge in [-0.05, 0) is 67.6 Å². The summed E-state index contributed by atoms with van der Waals surface area (Å²) in [5.74, 6) is 0.583. The highest BCUT2D eigenvalue weighted by Gasteiger charge is 2.46. The number of cyclic esters (lactones) is 1. The molecular weight excluding hydrogens is 336 g/mol. The molecule has 1 saturated heterocycles. The predicted molar refractivity (Wildman–Crippen MR) is 107 cm³/mol. The van der Waals surface area contributed by atoms with Crippen molar-refractivity contribution in [3.63, 3.8) is 0 Å². The average molecular weight is 369 g/mol. The van der Waals surface area contributed by atoms with Crippen molar-refractivity contribution in [2.75, 3.05) is 13.2 Å². The quantitative estimate of drug-likeness (QED) is 0.516. The third kappa shape index (κ3) is 4.29. The Labute approximate surface area is 163 Å². The number of allylic oxidation sites excluding steroid dienone is 1. The Kier molecular flexibility index (Phi) is 5.68. The van der Waals surface area contributed by atoms with Crippen molar-refractivity contribution in [2.45, 2.75) is 76.7 Å². The van der Waals surface area contributed by atoms with E-state index in [0.29, 0.717) is 25.0 Å². The van der Waals surface area contributed by atoms with E-state index in [-0.39, 0.29) is 11.4 Å². The van der Waals surface area contributed by atoms with Crippen LogP contribution in [0.1, 0.15) is 74.5 Å². The summed E-state index contributed by atoms with van der Waals surface area (Å²) in [7, 11) is 0. The number of carbonyl (C=O) groups is 1. The van der Waals surface area contributed by atoms with Crippen molar-refractivity contribution >= 4 is 5.97 Å². The van der Waals surface area contributed by atoms with Gasteiger partial charge in [-0.3, -0.25) is 4.79 Å². The lowest BCUT2D eigenvalue weighted by molar-refractivity contribution is -0.137. The molecule has 0 unspecified atom stereocenters. The number of ether oxygens (including phenoxy) is 2. The fourth-order valence-corrected chi connectivity index (χ4v) is 5.11. The molecule has 0 bridgehead atoms. The van der Waals surface area contributed by atoms with Crippen molar-refractivity contribution in [3.05, 3.63) is 47.0 Å². The maximum atomic E-state index is 11.6. The highest BCUT2D eigenvalue weighted by atomic mass is 16.5. The first-order valence-electron chi connectivity index (χ1n) is 10.7. The second-order valence-electron chi connectivity index (χ2n) is 8.76. The first-order chi connectivity index (χ1) is 13.2. The Bertz CT molecular complexity index is 708. The normalized spacial score (nSPS) is 30.2. The van der Waals surface area contributed by atoms with E-state index >= 15 is 0 Å². The molecule has 1 heterocycles. The molecule has 1 spiro atoms. The van der Waals surface area contributed by atoms with Gasteiger partial charge in [0.2, 0.25) is 0 Å². The van der Waals surface area contributed by atoms with E-state index in [2.05, 4.69) is 37.3 Å². The topological polar surface area (TPSA) is 35.5 Å². The van der Waals surface area contributed by atoms with Crippen LogP contribution in [-0.2, 0) is 27.1 Å². The monoisotopic (exact) mass is 368 g/mol. The third-order valence-corrected chi connectivity index (χ3v) is 6.70. The molecule has 27 heavy (non-hydrogen) atoms. The summed E-state index contributed by atoms with van der Waals surface area (Å²) in [6.07, 6.45) is 14.4. The largest absolute Gasteiger partial charge is 0.465 e. The summed E-state index contributed by atoms with van der Waals surface area (Å²) >= 11 is 0. The number of carbonyl (C=O) groups excluding carboxylic acids is 1. The second-order valence-corrected chi connectivity index (χ2v) is 8.76. The molecule has 0 amide bonds.